The number of ketones is 1. The normalized spacial score (nSPS) is 41.2. The Bertz CT molecular complexity index is 1150. The molecular weight excluding hydrogens is 492 g/mol. The molecule has 1 aromatic carbocycles. The lowest BCUT2D eigenvalue weighted by molar-refractivity contribution is -0.198. The molecule has 5 N–H and O–H groups in total. The Morgan fingerprint density at radius 3 is 2.68 bits per heavy atom. The van der Waals surface area contributed by atoms with Crippen LogP contribution in [0, 0.1) is 45.7 Å². The first-order chi connectivity index (χ1) is 17.8. The van der Waals surface area contributed by atoms with Gasteiger partial charge in [-0.2, -0.15) is 0 Å². The highest BCUT2D eigenvalue weighted by Crippen LogP contribution is 2.69. The summed E-state index contributed by atoms with van der Waals surface area (Å²) in [6.07, 6.45) is 0.458. The van der Waals surface area contributed by atoms with E-state index in [-0.39, 0.29) is 48.4 Å². The Balaban J connectivity index is 1.66. The SMILES string of the molecule is C[C@@H]1CC[C@@]23CCC(=O)[C@H]2[C@@]1(C)[C@H](C(Oc1ccc2c(c1F)B(O)OC2)C(=O)O)C[C@@](C)(CN)[C@@H](O)[C@@H]3C. The molecule has 4 aliphatic rings. The van der Waals surface area contributed by atoms with Crippen molar-refractivity contribution in [3.05, 3.63) is 23.5 Å². The van der Waals surface area contributed by atoms with Crippen molar-refractivity contribution in [2.24, 2.45) is 45.7 Å². The number of benzene rings is 1. The molecule has 8 nitrogen and oxygen atoms in total. The molecule has 0 radical (unpaired) electrons. The average molecular weight is 531 g/mol. The summed E-state index contributed by atoms with van der Waals surface area (Å²) in [7, 11) is -1.46. The summed E-state index contributed by atoms with van der Waals surface area (Å²) < 4.78 is 26.7. The smallest absolute Gasteiger partial charge is 0.478 e. The molecule has 2 bridgehead atoms. The lowest BCUT2D eigenvalue weighted by Crippen LogP contribution is -2.64. The van der Waals surface area contributed by atoms with E-state index in [4.69, 9.17) is 15.1 Å². The van der Waals surface area contributed by atoms with Gasteiger partial charge in [-0.3, -0.25) is 4.79 Å². The van der Waals surface area contributed by atoms with Crippen molar-refractivity contribution in [2.75, 3.05) is 6.54 Å². The molecule has 10 heteroatoms. The van der Waals surface area contributed by atoms with E-state index in [1.165, 1.54) is 6.07 Å². The van der Waals surface area contributed by atoms with Crippen molar-refractivity contribution in [1.29, 1.82) is 0 Å². The molecule has 0 aromatic heterocycles. The zero-order valence-electron chi connectivity index (χ0n) is 22.6. The molecule has 0 amide bonds. The second-order valence-electron chi connectivity index (χ2n) is 12.8. The van der Waals surface area contributed by atoms with Gasteiger partial charge in [0.05, 0.1) is 12.7 Å². The zero-order valence-corrected chi connectivity index (χ0v) is 22.6. The molecule has 3 fully saturated rings. The summed E-state index contributed by atoms with van der Waals surface area (Å²) in [6, 6.07) is 2.93. The fourth-order valence-electron chi connectivity index (χ4n) is 8.77. The number of Topliss-reactive ketones (excluding diaryl/α,β-unsaturated/α-hetero) is 1. The highest BCUT2D eigenvalue weighted by atomic mass is 19.1. The molecule has 0 saturated heterocycles. The van der Waals surface area contributed by atoms with E-state index in [0.29, 0.717) is 18.4 Å². The summed E-state index contributed by atoms with van der Waals surface area (Å²) in [5, 5.41) is 32.4. The summed E-state index contributed by atoms with van der Waals surface area (Å²) in [6.45, 7) is 8.12. The van der Waals surface area contributed by atoms with Crippen molar-refractivity contribution >= 4 is 24.3 Å². The number of rotatable bonds is 5. The number of ether oxygens (including phenoxy) is 1. The maximum absolute atomic E-state index is 15.5. The van der Waals surface area contributed by atoms with Crippen LogP contribution >= 0.6 is 0 Å². The quantitative estimate of drug-likeness (QED) is 0.425. The molecular formula is C28H39BFNO7. The lowest BCUT2D eigenvalue weighted by Gasteiger charge is -2.63. The van der Waals surface area contributed by atoms with Crippen LogP contribution in [0.4, 0.5) is 4.39 Å². The number of carboxylic acids is 1. The minimum Gasteiger partial charge on any atom is -0.478 e. The second-order valence-corrected chi connectivity index (χ2v) is 12.8. The van der Waals surface area contributed by atoms with Crippen LogP contribution in [0.5, 0.6) is 5.75 Å². The van der Waals surface area contributed by atoms with Gasteiger partial charge in [-0.1, -0.05) is 33.8 Å². The Hall–Kier alpha value is -2.01. The molecule has 1 aromatic rings. The number of nitrogens with two attached hydrogens (primary N) is 1. The molecule has 0 spiro atoms. The summed E-state index contributed by atoms with van der Waals surface area (Å²) >= 11 is 0. The number of fused-ring (bicyclic) bond motifs is 1. The summed E-state index contributed by atoms with van der Waals surface area (Å²) in [5.41, 5.74) is 4.61. The Labute approximate surface area is 223 Å². The standard InChI is InChI=1S/C28H39BFNO7/c1-14-7-9-28-10-8-18(32)23(28)27(14,4)17(11-26(3,13-31)24(33)15(28)2)22(25(34)35)38-19-6-5-16-12-37-29(36)20(16)21(19)30/h5-6,14-15,17,22-24,33,36H,7-13,31H2,1-4H3,(H,34,35)/t14-,15+,17+,22?,23+,24+,26+,27-,28+/m1/s1. The van der Waals surface area contributed by atoms with E-state index in [0.717, 1.165) is 12.8 Å². The molecule has 1 heterocycles. The average Bonchev–Trinajstić information content (AvgIpc) is 3.44. The molecule has 9 atom stereocenters. The van der Waals surface area contributed by atoms with Gasteiger partial charge in [-0.25, -0.2) is 9.18 Å². The van der Waals surface area contributed by atoms with E-state index in [1.807, 2.05) is 20.8 Å². The third-order valence-electron chi connectivity index (χ3n) is 11.2. The van der Waals surface area contributed by atoms with E-state index >= 15 is 4.39 Å². The molecule has 1 aliphatic heterocycles. The van der Waals surface area contributed by atoms with Gasteiger partial charge in [0.1, 0.15) is 5.78 Å². The number of aliphatic hydroxyl groups is 1. The number of aliphatic carboxylic acids is 1. The molecule has 208 valence electrons. The minimum absolute atomic E-state index is 0.0114. The maximum atomic E-state index is 15.5. The highest BCUT2D eigenvalue weighted by molar-refractivity contribution is 6.61. The van der Waals surface area contributed by atoms with Crippen LogP contribution in [0.1, 0.15) is 65.4 Å². The van der Waals surface area contributed by atoms with Gasteiger partial charge in [-0.05, 0) is 60.0 Å². The van der Waals surface area contributed by atoms with Crippen LogP contribution in [0.2, 0.25) is 0 Å². The summed E-state index contributed by atoms with van der Waals surface area (Å²) in [5.74, 6) is -3.71. The molecule has 3 saturated carbocycles. The number of halogens is 1. The van der Waals surface area contributed by atoms with Crippen LogP contribution in [0.3, 0.4) is 0 Å². The van der Waals surface area contributed by atoms with Crippen molar-refractivity contribution in [3.8, 4) is 5.75 Å². The van der Waals surface area contributed by atoms with Crippen LogP contribution in [-0.4, -0.2) is 52.9 Å². The van der Waals surface area contributed by atoms with Gasteiger partial charge in [0, 0.05) is 35.7 Å². The topological polar surface area (TPSA) is 139 Å². The number of carboxylic acid groups (broad SMARTS) is 1. The van der Waals surface area contributed by atoms with Crippen molar-refractivity contribution < 1.29 is 38.6 Å². The lowest BCUT2D eigenvalue weighted by atomic mass is 9.41. The molecule has 1 unspecified atom stereocenters. The third-order valence-corrected chi connectivity index (χ3v) is 11.2. The number of carbonyl (C=O) groups is 2. The van der Waals surface area contributed by atoms with E-state index < -0.39 is 59.2 Å². The second kappa shape index (κ2) is 9.29. The van der Waals surface area contributed by atoms with E-state index in [1.54, 1.807) is 6.07 Å². The van der Waals surface area contributed by atoms with Gasteiger partial charge in [0.25, 0.3) is 0 Å². The third kappa shape index (κ3) is 3.70. The van der Waals surface area contributed by atoms with Gasteiger partial charge in [-0.15, -0.1) is 0 Å². The fourth-order valence-corrected chi connectivity index (χ4v) is 8.77. The maximum Gasteiger partial charge on any atom is 0.494 e. The van der Waals surface area contributed by atoms with Gasteiger partial charge >= 0.3 is 13.1 Å². The van der Waals surface area contributed by atoms with Crippen LogP contribution < -0.4 is 15.9 Å². The van der Waals surface area contributed by atoms with Gasteiger partial charge in [0.15, 0.2) is 17.7 Å². The molecule has 3 aliphatic carbocycles. The number of aliphatic hydroxyl groups excluding tert-OH is 1. The Kier molecular flexibility index (Phi) is 6.73. The van der Waals surface area contributed by atoms with Crippen LogP contribution in [0.25, 0.3) is 0 Å². The van der Waals surface area contributed by atoms with Gasteiger partial charge < -0.3 is 30.4 Å². The van der Waals surface area contributed by atoms with E-state index in [2.05, 4.69) is 6.92 Å². The number of hydrogen-bond donors (Lipinski definition) is 4. The monoisotopic (exact) mass is 531 g/mol. The molecule has 5 rings (SSSR count). The first-order valence-corrected chi connectivity index (χ1v) is 13.7. The fraction of sp³-hybridized carbons (Fsp3) is 0.714. The van der Waals surface area contributed by atoms with E-state index in [9.17, 15) is 24.8 Å². The minimum atomic E-state index is -1.51. The van der Waals surface area contributed by atoms with Crippen LogP contribution in [-0.2, 0) is 20.9 Å². The highest BCUT2D eigenvalue weighted by Gasteiger charge is 2.69. The Morgan fingerprint density at radius 1 is 1.32 bits per heavy atom. The van der Waals surface area contributed by atoms with Crippen molar-refractivity contribution in [1.82, 2.24) is 0 Å². The summed E-state index contributed by atoms with van der Waals surface area (Å²) in [4.78, 5) is 26.6. The first kappa shape index (κ1) is 27.6. The van der Waals surface area contributed by atoms with Crippen molar-refractivity contribution in [3.63, 3.8) is 0 Å². The Morgan fingerprint density at radius 2 is 2.03 bits per heavy atom. The number of hydrogen-bond acceptors (Lipinski definition) is 7. The van der Waals surface area contributed by atoms with Crippen LogP contribution in [0.15, 0.2) is 12.1 Å². The predicted octanol–water partition coefficient (Wildman–Crippen LogP) is 2.26. The zero-order chi connectivity index (χ0) is 27.8. The molecule has 38 heavy (non-hydrogen) atoms. The number of carbonyl (C=O) groups excluding carboxylic acids is 1. The predicted molar refractivity (Wildman–Crippen MR) is 138 cm³/mol. The first-order valence-electron chi connectivity index (χ1n) is 13.7. The largest absolute Gasteiger partial charge is 0.494 e. The van der Waals surface area contributed by atoms with Crippen molar-refractivity contribution in [2.45, 2.75) is 78.6 Å². The van der Waals surface area contributed by atoms with Gasteiger partial charge in [0.2, 0.25) is 0 Å².